The summed E-state index contributed by atoms with van der Waals surface area (Å²) in [6.45, 7) is 9.02. The summed E-state index contributed by atoms with van der Waals surface area (Å²) in [6.07, 6.45) is 6.76. The van der Waals surface area contributed by atoms with Crippen LogP contribution in [0.3, 0.4) is 0 Å². The van der Waals surface area contributed by atoms with Crippen molar-refractivity contribution >= 4 is 0 Å². The van der Waals surface area contributed by atoms with Crippen molar-refractivity contribution in [3.8, 4) is 0 Å². The highest BCUT2D eigenvalue weighted by atomic mass is 15.2. The Morgan fingerprint density at radius 2 is 2.10 bits per heavy atom. The monoisotopic (exact) mass is 288 g/mol. The van der Waals surface area contributed by atoms with Crippen molar-refractivity contribution in [1.29, 1.82) is 0 Å². The minimum atomic E-state index is 0.175. The third-order valence-corrected chi connectivity index (χ3v) is 4.85. The van der Waals surface area contributed by atoms with Crippen molar-refractivity contribution < 1.29 is 0 Å². The van der Waals surface area contributed by atoms with Crippen LogP contribution in [0.1, 0.15) is 63.1 Å². The molecule has 2 rings (SSSR count). The van der Waals surface area contributed by atoms with E-state index in [2.05, 4.69) is 49.9 Å². The highest BCUT2D eigenvalue weighted by Gasteiger charge is 2.26. The van der Waals surface area contributed by atoms with Crippen molar-refractivity contribution in [3.05, 3.63) is 35.4 Å². The number of hydrogen-bond acceptors (Lipinski definition) is 2. The lowest BCUT2D eigenvalue weighted by Gasteiger charge is -2.34. The maximum Gasteiger partial charge on any atom is 0.0496 e. The molecule has 0 bridgehead atoms. The van der Waals surface area contributed by atoms with Crippen LogP contribution in [0, 0.1) is 12.8 Å². The average molecular weight is 288 g/mol. The van der Waals surface area contributed by atoms with Gasteiger partial charge < -0.3 is 5.73 Å². The van der Waals surface area contributed by atoms with Crippen LogP contribution in [0.4, 0.5) is 0 Å². The van der Waals surface area contributed by atoms with Crippen LogP contribution in [0.2, 0.25) is 0 Å². The van der Waals surface area contributed by atoms with E-state index in [9.17, 15) is 0 Å². The van der Waals surface area contributed by atoms with Gasteiger partial charge in [0.1, 0.15) is 0 Å². The van der Waals surface area contributed by atoms with Crippen LogP contribution >= 0.6 is 0 Å². The van der Waals surface area contributed by atoms with E-state index >= 15 is 0 Å². The Morgan fingerprint density at radius 3 is 2.76 bits per heavy atom. The van der Waals surface area contributed by atoms with Gasteiger partial charge in [-0.2, -0.15) is 0 Å². The van der Waals surface area contributed by atoms with Crippen LogP contribution in [0.25, 0.3) is 0 Å². The Kier molecular flexibility index (Phi) is 6.25. The number of rotatable bonds is 5. The molecule has 0 amide bonds. The molecule has 1 aliphatic rings. The second kappa shape index (κ2) is 7.95. The van der Waals surface area contributed by atoms with Gasteiger partial charge in [0.05, 0.1) is 0 Å². The normalized spacial score (nSPS) is 23.5. The molecule has 3 unspecified atom stereocenters. The molecule has 1 aromatic rings. The molecule has 2 nitrogen and oxygen atoms in total. The van der Waals surface area contributed by atoms with Gasteiger partial charge in [-0.05, 0) is 57.7 Å². The Labute approximate surface area is 130 Å². The van der Waals surface area contributed by atoms with Gasteiger partial charge in [0.25, 0.3) is 0 Å². The van der Waals surface area contributed by atoms with Gasteiger partial charge in [0.15, 0.2) is 0 Å². The lowest BCUT2D eigenvalue weighted by Crippen LogP contribution is -2.40. The SMILES string of the molecule is CCCC1CCCN(C(c2cccc(C)c2)C(C)N)CC1. The molecule has 1 aromatic carbocycles. The van der Waals surface area contributed by atoms with E-state index < -0.39 is 0 Å². The molecule has 1 saturated heterocycles. The maximum absolute atomic E-state index is 6.35. The molecule has 2 N–H and O–H groups in total. The zero-order valence-corrected chi connectivity index (χ0v) is 14.0. The smallest absolute Gasteiger partial charge is 0.0496 e. The molecule has 2 heteroatoms. The summed E-state index contributed by atoms with van der Waals surface area (Å²) in [5.41, 5.74) is 9.07. The first-order chi connectivity index (χ1) is 10.1. The quantitative estimate of drug-likeness (QED) is 0.876. The first-order valence-corrected chi connectivity index (χ1v) is 8.68. The van der Waals surface area contributed by atoms with Crippen LogP contribution in [-0.2, 0) is 0 Å². The van der Waals surface area contributed by atoms with E-state index in [1.165, 1.54) is 56.3 Å². The summed E-state index contributed by atoms with van der Waals surface area (Å²) in [7, 11) is 0. The Morgan fingerprint density at radius 1 is 1.29 bits per heavy atom. The fraction of sp³-hybridized carbons (Fsp3) is 0.684. The van der Waals surface area contributed by atoms with Crippen LogP contribution in [0.5, 0.6) is 0 Å². The minimum absolute atomic E-state index is 0.175. The van der Waals surface area contributed by atoms with Crippen LogP contribution < -0.4 is 5.73 Å². The van der Waals surface area contributed by atoms with Gasteiger partial charge in [0, 0.05) is 12.1 Å². The largest absolute Gasteiger partial charge is 0.326 e. The molecular weight excluding hydrogens is 256 g/mol. The number of likely N-dealkylation sites (tertiary alicyclic amines) is 1. The van der Waals surface area contributed by atoms with Crippen molar-refractivity contribution in [1.82, 2.24) is 4.90 Å². The maximum atomic E-state index is 6.35. The van der Waals surface area contributed by atoms with Gasteiger partial charge in [-0.15, -0.1) is 0 Å². The number of benzene rings is 1. The summed E-state index contributed by atoms with van der Waals surface area (Å²) in [4.78, 5) is 2.63. The van der Waals surface area contributed by atoms with Gasteiger partial charge >= 0.3 is 0 Å². The predicted octanol–water partition coefficient (Wildman–Crippen LogP) is 4.29. The summed E-state index contributed by atoms with van der Waals surface area (Å²) < 4.78 is 0. The number of nitrogens with zero attached hydrogens (tertiary/aromatic N) is 1. The number of hydrogen-bond donors (Lipinski definition) is 1. The van der Waals surface area contributed by atoms with E-state index in [1.807, 2.05) is 0 Å². The topological polar surface area (TPSA) is 29.3 Å². The van der Waals surface area contributed by atoms with Crippen molar-refractivity contribution in [2.45, 2.75) is 65.0 Å². The summed E-state index contributed by atoms with van der Waals surface area (Å²) in [5, 5.41) is 0. The van der Waals surface area contributed by atoms with Gasteiger partial charge in [-0.3, -0.25) is 4.90 Å². The molecule has 0 spiro atoms. The summed E-state index contributed by atoms with van der Waals surface area (Å²) in [6, 6.07) is 9.43. The van der Waals surface area contributed by atoms with Crippen molar-refractivity contribution in [2.24, 2.45) is 11.7 Å². The Bertz CT molecular complexity index is 427. The Hall–Kier alpha value is -0.860. The molecule has 1 aliphatic heterocycles. The van der Waals surface area contributed by atoms with Gasteiger partial charge in [-0.1, -0.05) is 49.6 Å². The molecular formula is C19H32N2. The number of aryl methyl sites for hydroxylation is 1. The molecule has 0 radical (unpaired) electrons. The van der Waals surface area contributed by atoms with Crippen LogP contribution in [0.15, 0.2) is 24.3 Å². The second-order valence-corrected chi connectivity index (χ2v) is 6.84. The molecule has 0 aromatic heterocycles. The van der Waals surface area contributed by atoms with Gasteiger partial charge in [0.2, 0.25) is 0 Å². The summed E-state index contributed by atoms with van der Waals surface area (Å²) in [5.74, 6) is 0.922. The first-order valence-electron chi connectivity index (χ1n) is 8.68. The first kappa shape index (κ1) is 16.5. The fourth-order valence-corrected chi connectivity index (χ4v) is 3.86. The zero-order chi connectivity index (χ0) is 15.2. The van der Waals surface area contributed by atoms with Crippen molar-refractivity contribution in [2.75, 3.05) is 13.1 Å². The predicted molar refractivity (Wildman–Crippen MR) is 91.4 cm³/mol. The van der Waals surface area contributed by atoms with E-state index in [0.717, 1.165) is 5.92 Å². The molecule has 118 valence electrons. The highest BCUT2D eigenvalue weighted by Crippen LogP contribution is 2.30. The highest BCUT2D eigenvalue weighted by molar-refractivity contribution is 5.26. The standard InChI is InChI=1S/C19H32N2/c1-4-7-17-9-6-12-21(13-11-17)19(16(3)20)18-10-5-8-15(2)14-18/h5,8,10,14,16-17,19H,4,6-7,9,11-13,20H2,1-3H3. The molecule has 1 fully saturated rings. The Balaban J connectivity index is 2.11. The third kappa shape index (κ3) is 4.55. The molecule has 0 aliphatic carbocycles. The molecule has 0 saturated carbocycles. The fourth-order valence-electron chi connectivity index (χ4n) is 3.86. The molecule has 1 heterocycles. The molecule has 3 atom stereocenters. The lowest BCUT2D eigenvalue weighted by molar-refractivity contribution is 0.180. The van der Waals surface area contributed by atoms with Crippen molar-refractivity contribution in [3.63, 3.8) is 0 Å². The average Bonchev–Trinajstić information content (AvgIpc) is 2.65. The van der Waals surface area contributed by atoms with E-state index in [4.69, 9.17) is 5.73 Å². The van der Waals surface area contributed by atoms with E-state index in [0.29, 0.717) is 6.04 Å². The van der Waals surface area contributed by atoms with E-state index in [1.54, 1.807) is 0 Å². The van der Waals surface area contributed by atoms with Crippen LogP contribution in [-0.4, -0.2) is 24.0 Å². The minimum Gasteiger partial charge on any atom is -0.326 e. The third-order valence-electron chi connectivity index (χ3n) is 4.85. The molecule has 21 heavy (non-hydrogen) atoms. The van der Waals surface area contributed by atoms with Gasteiger partial charge in [-0.25, -0.2) is 0 Å². The summed E-state index contributed by atoms with van der Waals surface area (Å²) >= 11 is 0. The zero-order valence-electron chi connectivity index (χ0n) is 14.0. The lowest BCUT2D eigenvalue weighted by atomic mass is 9.95. The van der Waals surface area contributed by atoms with E-state index in [-0.39, 0.29) is 6.04 Å². The number of nitrogens with two attached hydrogens (primary N) is 1. The second-order valence-electron chi connectivity index (χ2n) is 6.84.